The van der Waals surface area contributed by atoms with Gasteiger partial charge in [-0.15, -0.1) is 0 Å². The van der Waals surface area contributed by atoms with E-state index in [1.165, 1.54) is 0 Å². The number of benzene rings is 2. The molecule has 0 atom stereocenters. The molecule has 104 valence electrons. The number of hydrogen-bond acceptors (Lipinski definition) is 4. The maximum Gasteiger partial charge on any atom is 0.461 e. The lowest BCUT2D eigenvalue weighted by atomic mass is 10.1. The van der Waals surface area contributed by atoms with Crippen LogP contribution < -0.4 is 0 Å². The Bertz CT molecular complexity index is 782. The first-order chi connectivity index (χ1) is 10.1. The molecule has 2 aromatic carbocycles. The molecule has 0 aliphatic heterocycles. The Hall–Kier alpha value is -2.66. The molecule has 3 aromatic rings. The topological polar surface area (TPSA) is 69.2 Å². The Morgan fingerprint density at radius 1 is 1.00 bits per heavy atom. The monoisotopic (exact) mass is 300 g/mol. The van der Waals surface area contributed by atoms with E-state index in [0.29, 0.717) is 16.1 Å². The smallest absolute Gasteiger partial charge is 0.380 e. The van der Waals surface area contributed by atoms with E-state index >= 15 is 0 Å². The van der Waals surface area contributed by atoms with Crippen LogP contribution in [-0.4, -0.2) is 9.91 Å². The van der Waals surface area contributed by atoms with Gasteiger partial charge < -0.3 is 4.42 Å². The predicted molar refractivity (Wildman–Crippen MR) is 79.0 cm³/mol. The van der Waals surface area contributed by atoms with E-state index in [2.05, 4.69) is 4.98 Å². The highest BCUT2D eigenvalue weighted by Gasteiger charge is 2.25. The van der Waals surface area contributed by atoms with Crippen molar-refractivity contribution < 1.29 is 9.34 Å². The molecule has 0 fully saturated rings. The second-order valence-electron chi connectivity index (χ2n) is 4.30. The van der Waals surface area contributed by atoms with Gasteiger partial charge in [0.05, 0.1) is 0 Å². The van der Waals surface area contributed by atoms with Gasteiger partial charge in [-0.2, -0.15) is 0 Å². The second kappa shape index (κ2) is 5.38. The minimum atomic E-state index is -0.580. The summed E-state index contributed by atoms with van der Waals surface area (Å²) in [7, 11) is 0. The molecule has 5 nitrogen and oxygen atoms in total. The SMILES string of the molecule is O=[N+]([O-])c1oc(-c2ccccc2)nc1-c1ccc(Cl)cc1. The van der Waals surface area contributed by atoms with Crippen molar-refractivity contribution in [1.29, 1.82) is 0 Å². The van der Waals surface area contributed by atoms with Crippen LogP contribution in [0.5, 0.6) is 0 Å². The van der Waals surface area contributed by atoms with Crippen LogP contribution in [0.3, 0.4) is 0 Å². The molecule has 3 rings (SSSR count). The molecule has 0 N–H and O–H groups in total. The first-order valence-corrected chi connectivity index (χ1v) is 6.49. The highest BCUT2D eigenvalue weighted by Crippen LogP contribution is 2.34. The molecule has 0 aliphatic carbocycles. The molecule has 1 aromatic heterocycles. The number of oxazole rings is 1. The van der Waals surface area contributed by atoms with Gasteiger partial charge in [-0.25, -0.2) is 4.98 Å². The summed E-state index contributed by atoms with van der Waals surface area (Å²) in [5.41, 5.74) is 1.45. The molecule has 0 amide bonds. The average Bonchev–Trinajstić information content (AvgIpc) is 2.94. The fraction of sp³-hybridized carbons (Fsp3) is 0. The lowest BCUT2D eigenvalue weighted by Gasteiger charge is -1.95. The Labute approximate surface area is 125 Å². The van der Waals surface area contributed by atoms with Crippen molar-refractivity contribution in [3.8, 4) is 22.7 Å². The lowest BCUT2D eigenvalue weighted by molar-refractivity contribution is -0.401. The maximum absolute atomic E-state index is 11.2. The number of halogens is 1. The van der Waals surface area contributed by atoms with E-state index in [9.17, 15) is 10.1 Å². The summed E-state index contributed by atoms with van der Waals surface area (Å²) in [4.78, 5) is 14.8. The van der Waals surface area contributed by atoms with Crippen LogP contribution in [0.15, 0.2) is 59.0 Å². The summed E-state index contributed by atoms with van der Waals surface area (Å²) >= 11 is 5.82. The Balaban J connectivity index is 2.14. The van der Waals surface area contributed by atoms with Crippen LogP contribution in [0.2, 0.25) is 5.02 Å². The van der Waals surface area contributed by atoms with E-state index < -0.39 is 4.92 Å². The molecule has 0 bridgehead atoms. The van der Waals surface area contributed by atoms with Gasteiger partial charge in [-0.1, -0.05) is 41.9 Å². The zero-order valence-electron chi connectivity index (χ0n) is 10.7. The third kappa shape index (κ3) is 2.64. The summed E-state index contributed by atoms with van der Waals surface area (Å²) in [5, 5.41) is 11.7. The highest BCUT2D eigenvalue weighted by molar-refractivity contribution is 6.30. The molecule has 0 aliphatic rings. The van der Waals surface area contributed by atoms with Crippen molar-refractivity contribution >= 4 is 17.5 Å². The van der Waals surface area contributed by atoms with E-state index in [1.54, 1.807) is 36.4 Å². The fourth-order valence-electron chi connectivity index (χ4n) is 1.94. The Morgan fingerprint density at radius 2 is 1.67 bits per heavy atom. The first-order valence-electron chi connectivity index (χ1n) is 6.12. The Kier molecular flexibility index (Phi) is 3.41. The minimum absolute atomic E-state index is 0.190. The van der Waals surface area contributed by atoms with Gasteiger partial charge in [0.2, 0.25) is 5.89 Å². The van der Waals surface area contributed by atoms with Gasteiger partial charge in [-0.3, -0.25) is 10.1 Å². The van der Waals surface area contributed by atoms with Crippen LogP contribution in [0, 0.1) is 10.1 Å². The van der Waals surface area contributed by atoms with E-state index in [4.69, 9.17) is 16.0 Å². The van der Waals surface area contributed by atoms with Crippen molar-refractivity contribution in [3.05, 3.63) is 69.7 Å². The highest BCUT2D eigenvalue weighted by atomic mass is 35.5. The maximum atomic E-state index is 11.2. The molecule has 0 spiro atoms. The van der Waals surface area contributed by atoms with E-state index in [0.717, 1.165) is 0 Å². The molecule has 21 heavy (non-hydrogen) atoms. The molecule has 1 heterocycles. The van der Waals surface area contributed by atoms with Gasteiger partial charge in [-0.05, 0) is 24.3 Å². The van der Waals surface area contributed by atoms with Crippen molar-refractivity contribution in [2.24, 2.45) is 0 Å². The molecule has 0 unspecified atom stereocenters. The molecular formula is C15H9ClN2O3. The molecular weight excluding hydrogens is 292 g/mol. The standard InChI is InChI=1S/C15H9ClN2O3/c16-12-8-6-10(7-9-12)13-15(18(19)20)21-14(17-13)11-4-2-1-3-5-11/h1-9H. The fourth-order valence-corrected chi connectivity index (χ4v) is 2.06. The van der Waals surface area contributed by atoms with E-state index in [1.807, 2.05) is 18.2 Å². The zero-order valence-corrected chi connectivity index (χ0v) is 11.4. The average molecular weight is 301 g/mol. The van der Waals surface area contributed by atoms with Crippen LogP contribution in [-0.2, 0) is 0 Å². The summed E-state index contributed by atoms with van der Waals surface area (Å²) in [5.74, 6) is -0.163. The Morgan fingerprint density at radius 3 is 2.29 bits per heavy atom. The van der Waals surface area contributed by atoms with Gasteiger partial charge in [0.15, 0.2) is 5.69 Å². The van der Waals surface area contributed by atoms with Crippen molar-refractivity contribution in [1.82, 2.24) is 4.98 Å². The molecule has 6 heteroatoms. The zero-order chi connectivity index (χ0) is 14.8. The predicted octanol–water partition coefficient (Wildman–Crippen LogP) is 4.57. The van der Waals surface area contributed by atoms with Crippen molar-refractivity contribution in [2.45, 2.75) is 0 Å². The van der Waals surface area contributed by atoms with Crippen LogP contribution in [0.1, 0.15) is 0 Å². The summed E-state index contributed by atoms with van der Waals surface area (Å²) in [6, 6.07) is 15.7. The van der Waals surface area contributed by atoms with Gasteiger partial charge in [0.25, 0.3) is 0 Å². The number of nitro groups is 1. The van der Waals surface area contributed by atoms with Gasteiger partial charge in [0.1, 0.15) is 4.92 Å². The van der Waals surface area contributed by atoms with Gasteiger partial charge >= 0.3 is 5.88 Å². The summed E-state index contributed by atoms with van der Waals surface area (Å²) in [6.45, 7) is 0. The third-order valence-electron chi connectivity index (χ3n) is 2.91. The normalized spacial score (nSPS) is 10.5. The van der Waals surface area contributed by atoms with Gasteiger partial charge in [0, 0.05) is 16.1 Å². The van der Waals surface area contributed by atoms with E-state index in [-0.39, 0.29) is 17.5 Å². The molecule has 0 saturated heterocycles. The molecule has 0 radical (unpaired) electrons. The quantitative estimate of drug-likeness (QED) is 0.525. The number of nitrogens with zero attached hydrogens (tertiary/aromatic N) is 2. The molecule has 0 saturated carbocycles. The third-order valence-corrected chi connectivity index (χ3v) is 3.17. The largest absolute Gasteiger partial charge is 0.461 e. The van der Waals surface area contributed by atoms with Crippen LogP contribution in [0.25, 0.3) is 22.7 Å². The summed E-state index contributed by atoms with van der Waals surface area (Å²) in [6.07, 6.45) is 0. The van der Waals surface area contributed by atoms with Crippen LogP contribution >= 0.6 is 11.6 Å². The number of hydrogen-bond donors (Lipinski definition) is 0. The number of aromatic nitrogens is 1. The second-order valence-corrected chi connectivity index (χ2v) is 4.74. The summed E-state index contributed by atoms with van der Waals surface area (Å²) < 4.78 is 5.30. The lowest BCUT2D eigenvalue weighted by Crippen LogP contribution is -1.88. The van der Waals surface area contributed by atoms with Crippen molar-refractivity contribution in [2.75, 3.05) is 0 Å². The van der Waals surface area contributed by atoms with Crippen molar-refractivity contribution in [3.63, 3.8) is 0 Å². The first kappa shape index (κ1) is 13.3. The van der Waals surface area contributed by atoms with Crippen LogP contribution in [0.4, 0.5) is 5.88 Å². The number of rotatable bonds is 3. The minimum Gasteiger partial charge on any atom is -0.380 e.